The molecule has 0 saturated heterocycles. The van der Waals surface area contributed by atoms with Gasteiger partial charge in [0.1, 0.15) is 0 Å². The first-order chi connectivity index (χ1) is 13.8. The molecule has 3 aromatic rings. The molecule has 0 spiro atoms. The van der Waals surface area contributed by atoms with Crippen LogP contribution in [0, 0.1) is 13.8 Å². The van der Waals surface area contributed by atoms with Gasteiger partial charge < -0.3 is 5.32 Å². The zero-order valence-corrected chi connectivity index (χ0v) is 17.1. The highest BCUT2D eigenvalue weighted by Gasteiger charge is 2.21. The fourth-order valence-electron chi connectivity index (χ4n) is 3.53. The number of rotatable bonds is 5. The molecule has 1 aromatic heterocycles. The highest BCUT2D eigenvalue weighted by atomic mass is 32.2. The van der Waals surface area contributed by atoms with E-state index in [0.717, 1.165) is 28.2 Å². The number of benzene rings is 2. The van der Waals surface area contributed by atoms with E-state index in [2.05, 4.69) is 15.1 Å². The fourth-order valence-corrected chi connectivity index (χ4v) is 4.57. The first-order valence-corrected chi connectivity index (χ1v) is 10.9. The second-order valence-corrected chi connectivity index (χ2v) is 8.86. The van der Waals surface area contributed by atoms with E-state index in [1.165, 1.54) is 6.07 Å². The Balaban J connectivity index is 1.56. The molecule has 4 rings (SSSR count). The summed E-state index contributed by atoms with van der Waals surface area (Å²) in [5, 5.41) is 7.32. The highest BCUT2D eigenvalue weighted by molar-refractivity contribution is 7.89. The minimum absolute atomic E-state index is 0.0485. The van der Waals surface area contributed by atoms with E-state index in [1.807, 2.05) is 48.9 Å². The molecule has 1 aliphatic rings. The Hall–Kier alpha value is -2.97. The van der Waals surface area contributed by atoms with Gasteiger partial charge in [-0.3, -0.25) is 4.79 Å². The second kappa shape index (κ2) is 7.46. The fraction of sp³-hybridized carbons (Fsp3) is 0.238. The summed E-state index contributed by atoms with van der Waals surface area (Å²) in [5.41, 5.74) is 4.96. The van der Waals surface area contributed by atoms with Gasteiger partial charge in [-0.2, -0.15) is 5.10 Å². The molecule has 1 amide bonds. The SMILES string of the molecule is Cc1nn(-c2ccccc2)c(C)c1CNS(=O)(=O)c1ccc2c(c1)CCC(=O)N2. The van der Waals surface area contributed by atoms with E-state index in [9.17, 15) is 13.2 Å². The van der Waals surface area contributed by atoms with Gasteiger partial charge in [0, 0.05) is 29.9 Å². The van der Waals surface area contributed by atoms with Crippen molar-refractivity contribution in [2.45, 2.75) is 38.1 Å². The van der Waals surface area contributed by atoms with Crippen LogP contribution >= 0.6 is 0 Å². The minimum Gasteiger partial charge on any atom is -0.326 e. The summed E-state index contributed by atoms with van der Waals surface area (Å²) in [6.07, 6.45) is 0.896. The average Bonchev–Trinajstić information content (AvgIpc) is 3.00. The molecule has 0 unspecified atom stereocenters. The van der Waals surface area contributed by atoms with E-state index < -0.39 is 10.0 Å². The number of sulfonamides is 1. The van der Waals surface area contributed by atoms with E-state index in [-0.39, 0.29) is 17.3 Å². The molecule has 150 valence electrons. The minimum atomic E-state index is -3.69. The lowest BCUT2D eigenvalue weighted by atomic mass is 10.0. The van der Waals surface area contributed by atoms with Crippen molar-refractivity contribution in [2.75, 3.05) is 5.32 Å². The molecule has 2 aromatic carbocycles. The molecule has 7 nitrogen and oxygen atoms in total. The number of amides is 1. The van der Waals surface area contributed by atoms with Crippen molar-refractivity contribution in [3.05, 3.63) is 71.0 Å². The normalized spacial score (nSPS) is 13.8. The van der Waals surface area contributed by atoms with Crippen LogP contribution in [-0.2, 0) is 27.8 Å². The number of nitrogens with one attached hydrogen (secondary N) is 2. The first-order valence-electron chi connectivity index (χ1n) is 9.38. The third-order valence-corrected chi connectivity index (χ3v) is 6.56. The van der Waals surface area contributed by atoms with Crippen LogP contribution in [0.4, 0.5) is 5.69 Å². The molecule has 0 bridgehead atoms. The third kappa shape index (κ3) is 3.81. The van der Waals surface area contributed by atoms with Crippen LogP contribution in [0.25, 0.3) is 5.69 Å². The molecule has 2 heterocycles. The van der Waals surface area contributed by atoms with Crippen molar-refractivity contribution in [1.29, 1.82) is 0 Å². The van der Waals surface area contributed by atoms with Crippen LogP contribution in [0.2, 0.25) is 0 Å². The Labute approximate surface area is 169 Å². The molecule has 0 aliphatic carbocycles. The van der Waals surface area contributed by atoms with Gasteiger partial charge in [-0.15, -0.1) is 0 Å². The summed E-state index contributed by atoms with van der Waals surface area (Å²) in [5.74, 6) is -0.0485. The second-order valence-electron chi connectivity index (χ2n) is 7.09. The van der Waals surface area contributed by atoms with E-state index in [0.29, 0.717) is 18.5 Å². The summed E-state index contributed by atoms with van der Waals surface area (Å²) in [4.78, 5) is 11.7. The quantitative estimate of drug-likeness (QED) is 0.676. The Bertz CT molecular complexity index is 1180. The van der Waals surface area contributed by atoms with Gasteiger partial charge in [0.05, 0.1) is 16.3 Å². The number of fused-ring (bicyclic) bond motifs is 1. The van der Waals surface area contributed by atoms with Gasteiger partial charge >= 0.3 is 0 Å². The van der Waals surface area contributed by atoms with E-state index in [1.54, 1.807) is 12.1 Å². The smallest absolute Gasteiger partial charge is 0.240 e. The van der Waals surface area contributed by atoms with Crippen molar-refractivity contribution < 1.29 is 13.2 Å². The number of hydrogen-bond donors (Lipinski definition) is 2. The van der Waals surface area contributed by atoms with Gasteiger partial charge in [0.25, 0.3) is 0 Å². The number of para-hydroxylation sites is 1. The highest BCUT2D eigenvalue weighted by Crippen LogP contribution is 2.26. The molecule has 8 heteroatoms. The molecule has 0 radical (unpaired) electrons. The summed E-state index contributed by atoms with van der Waals surface area (Å²) in [7, 11) is -3.69. The molecule has 2 N–H and O–H groups in total. The van der Waals surface area contributed by atoms with Gasteiger partial charge in [-0.05, 0) is 56.2 Å². The summed E-state index contributed by atoms with van der Waals surface area (Å²) >= 11 is 0. The molecule has 0 fully saturated rings. The number of hydrogen-bond acceptors (Lipinski definition) is 4. The van der Waals surface area contributed by atoms with Crippen molar-refractivity contribution in [3.63, 3.8) is 0 Å². The van der Waals surface area contributed by atoms with Crippen molar-refractivity contribution in [3.8, 4) is 5.69 Å². The van der Waals surface area contributed by atoms with Gasteiger partial charge in [-0.25, -0.2) is 17.8 Å². The number of carbonyl (C=O) groups is 1. The maximum Gasteiger partial charge on any atom is 0.240 e. The van der Waals surface area contributed by atoms with E-state index in [4.69, 9.17) is 0 Å². The standard InChI is InChI=1S/C21H22N4O3S/c1-14-19(15(2)25(24-14)17-6-4-3-5-7-17)13-22-29(27,28)18-9-10-20-16(12-18)8-11-21(26)23-20/h3-7,9-10,12,22H,8,11,13H2,1-2H3,(H,23,26). The summed E-state index contributed by atoms with van der Waals surface area (Å²) in [6.45, 7) is 3.95. The van der Waals surface area contributed by atoms with Crippen LogP contribution in [0.3, 0.4) is 0 Å². The molecule has 0 atom stereocenters. The Morgan fingerprint density at radius 3 is 2.62 bits per heavy atom. The Morgan fingerprint density at radius 1 is 1.10 bits per heavy atom. The maximum atomic E-state index is 12.8. The monoisotopic (exact) mass is 410 g/mol. The van der Waals surface area contributed by atoms with Gasteiger partial charge in [0.15, 0.2) is 0 Å². The first kappa shape index (κ1) is 19.4. The van der Waals surface area contributed by atoms with Crippen LogP contribution in [0.1, 0.15) is 28.9 Å². The lowest BCUT2D eigenvalue weighted by molar-refractivity contribution is -0.116. The van der Waals surface area contributed by atoms with Gasteiger partial charge in [-0.1, -0.05) is 18.2 Å². The summed E-state index contributed by atoms with van der Waals surface area (Å²) < 4.78 is 30.2. The zero-order chi connectivity index (χ0) is 20.6. The Morgan fingerprint density at radius 2 is 1.86 bits per heavy atom. The number of anilines is 1. The predicted molar refractivity (Wildman–Crippen MR) is 110 cm³/mol. The Kier molecular flexibility index (Phi) is 4.97. The number of aryl methyl sites for hydroxylation is 2. The lowest BCUT2D eigenvalue weighted by Gasteiger charge is -2.17. The van der Waals surface area contributed by atoms with Crippen LogP contribution in [-0.4, -0.2) is 24.1 Å². The summed E-state index contributed by atoms with van der Waals surface area (Å²) in [6, 6.07) is 14.5. The number of nitrogens with zero attached hydrogens (tertiary/aromatic N) is 2. The lowest BCUT2D eigenvalue weighted by Crippen LogP contribution is -2.25. The van der Waals surface area contributed by atoms with Crippen molar-refractivity contribution in [1.82, 2.24) is 14.5 Å². The molecule has 29 heavy (non-hydrogen) atoms. The van der Waals surface area contributed by atoms with E-state index >= 15 is 0 Å². The molecule has 1 aliphatic heterocycles. The van der Waals surface area contributed by atoms with Crippen LogP contribution in [0.15, 0.2) is 53.4 Å². The molecular formula is C21H22N4O3S. The van der Waals surface area contributed by atoms with Crippen LogP contribution in [0.5, 0.6) is 0 Å². The topological polar surface area (TPSA) is 93.1 Å². The third-order valence-electron chi connectivity index (χ3n) is 5.16. The molecule has 0 saturated carbocycles. The van der Waals surface area contributed by atoms with Crippen molar-refractivity contribution >= 4 is 21.6 Å². The van der Waals surface area contributed by atoms with Gasteiger partial charge in [0.2, 0.25) is 15.9 Å². The number of carbonyl (C=O) groups excluding carboxylic acids is 1. The van der Waals surface area contributed by atoms with Crippen LogP contribution < -0.4 is 10.0 Å². The predicted octanol–water partition coefficient (Wildman–Crippen LogP) is 2.85. The number of aromatic nitrogens is 2. The average molecular weight is 410 g/mol. The molecular weight excluding hydrogens is 388 g/mol. The van der Waals surface area contributed by atoms with Crippen molar-refractivity contribution in [2.24, 2.45) is 0 Å². The zero-order valence-electron chi connectivity index (χ0n) is 16.3. The largest absolute Gasteiger partial charge is 0.326 e. The maximum absolute atomic E-state index is 12.8.